The zero-order chi connectivity index (χ0) is 41.3. The third-order valence-electron chi connectivity index (χ3n) is 10.3. The first-order valence-corrected chi connectivity index (χ1v) is 17.6. The van der Waals surface area contributed by atoms with Crippen molar-refractivity contribution in [1.29, 1.82) is 0 Å². The summed E-state index contributed by atoms with van der Waals surface area (Å²) in [7, 11) is 0. The molecule has 26 nitrogen and oxygen atoms in total. The Balaban J connectivity index is 1.22. The molecule has 328 valence electrons. The average Bonchev–Trinajstić information content (AvgIpc) is 3.19. The quantitative estimate of drug-likeness (QED) is 0.0819. The van der Waals surface area contributed by atoms with Crippen LogP contribution in [0.5, 0.6) is 0 Å². The molecule has 25 atom stereocenters. The van der Waals surface area contributed by atoms with Crippen LogP contribution in [0.4, 0.5) is 0 Å². The molecule has 5 fully saturated rings. The molecule has 0 spiro atoms. The number of ether oxygens (including phenoxy) is 9. The zero-order valence-corrected chi connectivity index (χ0v) is 29.2. The van der Waals surface area contributed by atoms with Crippen LogP contribution in [0.15, 0.2) is 0 Å². The van der Waals surface area contributed by atoms with Crippen molar-refractivity contribution in [1.82, 2.24) is 0 Å². The molecule has 0 amide bonds. The van der Waals surface area contributed by atoms with Gasteiger partial charge >= 0.3 is 0 Å². The first-order chi connectivity index (χ1) is 26.5. The van der Waals surface area contributed by atoms with Crippen molar-refractivity contribution in [2.45, 2.75) is 154 Å². The molecule has 0 aromatic heterocycles. The lowest BCUT2D eigenvalue weighted by Crippen LogP contribution is -2.68. The van der Waals surface area contributed by atoms with Crippen molar-refractivity contribution in [3.05, 3.63) is 0 Å². The first-order valence-electron chi connectivity index (χ1n) is 17.6. The normalized spacial score (nSPS) is 53.2. The fourth-order valence-corrected chi connectivity index (χ4v) is 7.03. The van der Waals surface area contributed by atoms with E-state index in [0.717, 1.165) is 0 Å². The van der Waals surface area contributed by atoms with Gasteiger partial charge in [0, 0.05) is 0 Å². The van der Waals surface area contributed by atoms with Crippen molar-refractivity contribution in [3.8, 4) is 0 Å². The molecule has 0 aromatic rings. The van der Waals surface area contributed by atoms with Gasteiger partial charge in [-0.15, -0.1) is 0 Å². The van der Waals surface area contributed by atoms with E-state index in [1.54, 1.807) is 0 Å². The van der Waals surface area contributed by atoms with E-state index in [9.17, 15) is 86.8 Å². The van der Waals surface area contributed by atoms with Gasteiger partial charge < -0.3 is 129 Å². The summed E-state index contributed by atoms with van der Waals surface area (Å²) in [5.41, 5.74) is 0. The monoisotopic (exact) mass is 828 g/mol. The maximum absolute atomic E-state index is 11.1. The van der Waals surface area contributed by atoms with Gasteiger partial charge in [0.15, 0.2) is 31.5 Å². The van der Waals surface area contributed by atoms with E-state index < -0.39 is 187 Å². The average molecular weight is 829 g/mol. The van der Waals surface area contributed by atoms with E-state index in [-0.39, 0.29) is 0 Å². The molecule has 0 aliphatic carbocycles. The van der Waals surface area contributed by atoms with Crippen LogP contribution in [0.1, 0.15) is 0 Å². The van der Waals surface area contributed by atoms with Crippen LogP contribution in [0.3, 0.4) is 0 Å². The third kappa shape index (κ3) is 9.16. The molecule has 0 aromatic carbocycles. The smallest absolute Gasteiger partial charge is 0.187 e. The number of hydrogen-bond donors (Lipinski definition) is 17. The van der Waals surface area contributed by atoms with E-state index in [4.69, 9.17) is 42.6 Å². The van der Waals surface area contributed by atoms with Crippen molar-refractivity contribution >= 4 is 0 Å². The minimum Gasteiger partial charge on any atom is -0.394 e. The number of rotatable bonds is 13. The third-order valence-corrected chi connectivity index (χ3v) is 10.3. The van der Waals surface area contributed by atoms with E-state index >= 15 is 0 Å². The molecule has 0 saturated carbocycles. The molecular weight excluding hydrogens is 776 g/mol. The van der Waals surface area contributed by atoms with E-state index in [2.05, 4.69) is 0 Å². The van der Waals surface area contributed by atoms with Crippen molar-refractivity contribution in [3.63, 3.8) is 0 Å². The molecule has 0 bridgehead atoms. The highest BCUT2D eigenvalue weighted by molar-refractivity contribution is 4.99. The van der Waals surface area contributed by atoms with Gasteiger partial charge in [0.2, 0.25) is 0 Å². The number of hydrogen-bond acceptors (Lipinski definition) is 26. The predicted octanol–water partition coefficient (Wildman–Crippen LogP) is -11.9. The lowest BCUT2D eigenvalue weighted by molar-refractivity contribution is -0.392. The lowest BCUT2D eigenvalue weighted by Gasteiger charge is -2.49. The van der Waals surface area contributed by atoms with Gasteiger partial charge in [0.25, 0.3) is 0 Å². The Labute approximate surface area is 316 Å². The van der Waals surface area contributed by atoms with Crippen LogP contribution in [-0.2, 0) is 42.6 Å². The summed E-state index contributed by atoms with van der Waals surface area (Å²) in [4.78, 5) is 0. The van der Waals surface area contributed by atoms with Gasteiger partial charge in [-0.1, -0.05) is 0 Å². The molecule has 5 aliphatic rings. The molecule has 5 saturated heterocycles. The molecular formula is C30H52O26. The Morgan fingerprint density at radius 3 is 0.821 bits per heavy atom. The highest BCUT2D eigenvalue weighted by Crippen LogP contribution is 2.35. The van der Waals surface area contributed by atoms with Gasteiger partial charge in [0.05, 0.1) is 33.0 Å². The second kappa shape index (κ2) is 19.6. The highest BCUT2D eigenvalue weighted by Gasteiger charge is 2.56. The van der Waals surface area contributed by atoms with E-state index in [1.165, 1.54) is 0 Å². The van der Waals surface area contributed by atoms with Gasteiger partial charge in [-0.3, -0.25) is 0 Å². The first kappa shape index (κ1) is 46.0. The van der Waals surface area contributed by atoms with Crippen LogP contribution in [0, 0.1) is 0 Å². The molecule has 0 unspecified atom stereocenters. The maximum Gasteiger partial charge on any atom is 0.187 e. The molecule has 17 N–H and O–H groups in total. The fourth-order valence-electron chi connectivity index (χ4n) is 7.03. The molecule has 56 heavy (non-hydrogen) atoms. The molecule has 5 aliphatic heterocycles. The Kier molecular flexibility index (Phi) is 16.1. The van der Waals surface area contributed by atoms with Crippen LogP contribution >= 0.6 is 0 Å². The Hall–Kier alpha value is -1.04. The highest BCUT2D eigenvalue weighted by atomic mass is 16.8. The molecule has 26 heteroatoms. The van der Waals surface area contributed by atoms with Crippen molar-refractivity contribution < 1.29 is 129 Å². The Bertz CT molecular complexity index is 1200. The summed E-state index contributed by atoms with van der Waals surface area (Å²) in [6.45, 7) is -4.51. The summed E-state index contributed by atoms with van der Waals surface area (Å²) >= 11 is 0. The predicted molar refractivity (Wildman–Crippen MR) is 167 cm³/mol. The summed E-state index contributed by atoms with van der Waals surface area (Å²) in [5, 5.41) is 176. The topological polar surface area (TPSA) is 427 Å². The van der Waals surface area contributed by atoms with Crippen LogP contribution < -0.4 is 0 Å². The Morgan fingerprint density at radius 1 is 0.268 bits per heavy atom. The van der Waals surface area contributed by atoms with Crippen LogP contribution in [0.2, 0.25) is 0 Å². The lowest BCUT2D eigenvalue weighted by atomic mass is 9.95. The summed E-state index contributed by atoms with van der Waals surface area (Å²) in [6.07, 6.45) is -45.8. The minimum atomic E-state index is -2.12. The van der Waals surface area contributed by atoms with Crippen LogP contribution in [-0.4, -0.2) is 273 Å². The van der Waals surface area contributed by atoms with E-state index in [0.29, 0.717) is 0 Å². The summed E-state index contributed by atoms with van der Waals surface area (Å²) in [5.74, 6) is 0. The van der Waals surface area contributed by atoms with Gasteiger partial charge in [-0.2, -0.15) is 0 Å². The summed E-state index contributed by atoms with van der Waals surface area (Å²) in [6, 6.07) is 0. The maximum atomic E-state index is 11.1. The molecule has 5 heterocycles. The van der Waals surface area contributed by atoms with Gasteiger partial charge in [0.1, 0.15) is 122 Å². The number of aliphatic hydroxyl groups excluding tert-OH is 17. The van der Waals surface area contributed by atoms with Crippen molar-refractivity contribution in [2.75, 3.05) is 33.0 Å². The fraction of sp³-hybridized carbons (Fsp3) is 1.00. The zero-order valence-electron chi connectivity index (χ0n) is 29.2. The van der Waals surface area contributed by atoms with Crippen molar-refractivity contribution in [2.24, 2.45) is 0 Å². The Morgan fingerprint density at radius 2 is 0.518 bits per heavy atom. The van der Waals surface area contributed by atoms with Gasteiger partial charge in [-0.05, 0) is 0 Å². The van der Waals surface area contributed by atoms with Gasteiger partial charge in [-0.25, -0.2) is 0 Å². The summed E-state index contributed by atoms with van der Waals surface area (Å²) < 4.78 is 49.1. The number of aliphatic hydroxyl groups is 17. The largest absolute Gasteiger partial charge is 0.394 e. The molecule has 5 rings (SSSR count). The second-order valence-corrected chi connectivity index (χ2v) is 13.9. The van der Waals surface area contributed by atoms with E-state index in [1.807, 2.05) is 0 Å². The second-order valence-electron chi connectivity index (χ2n) is 13.9. The standard InChI is InChI=1S/C30H52O26/c31-1-6-11(36)12(37)18(43)27(49-6)54-23-8(3-33)51-29(20(45)14(23)39)56-25-10(5-35)52-30(21(46)16(25)41)55-24-9(4-34)50-28(19(44)15(24)40)53-22-7(2-32)48-26(47)17(42)13(22)38/h6-47H,1-5H2/t6-,7-,8-,9-,10-,11+,12-,13-,14-,15-,16-,17+,18-,19+,20+,21+,22+,23+,24-,25+,26+,27+,28+,29+,30+/m0/s1. The SMILES string of the molecule is OC[C@@H]1O[C@H](O[C@H]2[C@@H](O)[C@@H](O)[C@@H](O[C@H]3[C@@H](O)[C@@H](O)[C@@H](O[C@@H]4[C@@H](O)[C@@H](O)[C@@H](O[C@H]5[C@@H](O)[C@@H](O)[C@H](O)O[C@H]5CO)O[C@H]4CO)O[C@H]3CO)O[C@H]2CO)[C@@H](O)[C@@H](O)[C@@H]1O. The van der Waals surface area contributed by atoms with Crippen LogP contribution in [0.25, 0.3) is 0 Å². The molecule has 0 radical (unpaired) electrons. The minimum absolute atomic E-state index is 0.811.